The molecule has 0 aromatic carbocycles. The van der Waals surface area contributed by atoms with Crippen LogP contribution in [0.4, 0.5) is 11.5 Å². The van der Waals surface area contributed by atoms with Gasteiger partial charge in [0, 0.05) is 36.9 Å². The zero-order valence-corrected chi connectivity index (χ0v) is 11.0. The van der Waals surface area contributed by atoms with Gasteiger partial charge >= 0.3 is 5.69 Å². The van der Waals surface area contributed by atoms with Gasteiger partial charge in [-0.25, -0.2) is 4.98 Å². The minimum Gasteiger partial charge on any atom is -0.349 e. The lowest BCUT2D eigenvalue weighted by atomic mass is 10.1. The molecule has 0 spiro atoms. The number of hydrogen-bond acceptors (Lipinski definition) is 5. The molecule has 6 nitrogen and oxygen atoms in total. The summed E-state index contributed by atoms with van der Waals surface area (Å²) in [7, 11) is 0. The van der Waals surface area contributed by atoms with E-state index in [-0.39, 0.29) is 10.6 Å². The topological polar surface area (TPSA) is 71.3 Å². The van der Waals surface area contributed by atoms with E-state index >= 15 is 0 Å². The van der Waals surface area contributed by atoms with E-state index in [4.69, 9.17) is 0 Å². The minimum atomic E-state index is -0.335. The summed E-state index contributed by atoms with van der Waals surface area (Å²) in [6, 6.07) is 4.27. The fraction of sp³-hybridized carbons (Fsp3) is 0.615. The first-order valence-corrected chi connectivity index (χ1v) is 6.76. The van der Waals surface area contributed by atoms with E-state index in [2.05, 4.69) is 15.2 Å². The Balaban J connectivity index is 1.92. The number of nitrogens with one attached hydrogen (secondary N) is 1. The average Bonchev–Trinajstić information content (AvgIpc) is 2.68. The number of nitrogens with zero attached hydrogens (tertiary/aromatic N) is 3. The Labute approximate surface area is 112 Å². The molecule has 3 rings (SSSR count). The number of aromatic nitrogens is 1. The largest absolute Gasteiger partial charge is 0.349 e. The Morgan fingerprint density at radius 1 is 1.37 bits per heavy atom. The normalized spacial score (nSPS) is 26.3. The van der Waals surface area contributed by atoms with Crippen molar-refractivity contribution in [3.05, 3.63) is 27.9 Å². The van der Waals surface area contributed by atoms with E-state index in [0.717, 1.165) is 31.6 Å². The van der Waals surface area contributed by atoms with Gasteiger partial charge in [-0.3, -0.25) is 10.1 Å². The van der Waals surface area contributed by atoms with Crippen molar-refractivity contribution in [2.24, 2.45) is 0 Å². The van der Waals surface area contributed by atoms with Crippen LogP contribution in [-0.4, -0.2) is 35.1 Å². The lowest BCUT2D eigenvalue weighted by molar-refractivity contribution is -0.384. The predicted molar refractivity (Wildman–Crippen MR) is 72.4 cm³/mol. The molecule has 0 saturated carbocycles. The zero-order chi connectivity index (χ0) is 13.4. The van der Waals surface area contributed by atoms with Crippen molar-refractivity contribution < 1.29 is 4.92 Å². The summed E-state index contributed by atoms with van der Waals surface area (Å²) in [5.74, 6) is 0.527. The maximum absolute atomic E-state index is 11.1. The highest BCUT2D eigenvalue weighted by Gasteiger charge is 2.32. The Morgan fingerprint density at radius 2 is 2.16 bits per heavy atom. The lowest BCUT2D eigenvalue weighted by Gasteiger charge is -2.25. The molecule has 0 radical (unpaired) electrons. The van der Waals surface area contributed by atoms with Crippen LogP contribution < -0.4 is 10.2 Å². The Bertz CT molecular complexity index is 505. The molecule has 6 heteroatoms. The van der Waals surface area contributed by atoms with E-state index in [1.54, 1.807) is 12.1 Å². The maximum atomic E-state index is 11.1. The van der Waals surface area contributed by atoms with Crippen LogP contribution in [0.15, 0.2) is 12.1 Å². The maximum Gasteiger partial charge on any atom is 0.311 e. The van der Waals surface area contributed by atoms with Crippen LogP contribution in [0.3, 0.4) is 0 Å². The molecule has 2 bridgehead atoms. The van der Waals surface area contributed by atoms with E-state index in [1.165, 1.54) is 6.42 Å². The summed E-state index contributed by atoms with van der Waals surface area (Å²) in [6.07, 6.45) is 3.41. The average molecular weight is 262 g/mol. The third-order valence-electron chi connectivity index (χ3n) is 4.01. The summed E-state index contributed by atoms with van der Waals surface area (Å²) >= 11 is 0. The number of anilines is 1. The van der Waals surface area contributed by atoms with Gasteiger partial charge in [-0.05, 0) is 32.3 Å². The van der Waals surface area contributed by atoms with Crippen LogP contribution in [0.2, 0.25) is 0 Å². The van der Waals surface area contributed by atoms with Gasteiger partial charge in [-0.15, -0.1) is 0 Å². The molecule has 2 aliphatic rings. The number of rotatable bonds is 2. The summed E-state index contributed by atoms with van der Waals surface area (Å²) in [5.41, 5.74) is 0.936. The van der Waals surface area contributed by atoms with Crippen molar-refractivity contribution in [1.82, 2.24) is 10.3 Å². The number of fused-ring (bicyclic) bond motifs is 2. The van der Waals surface area contributed by atoms with E-state index in [9.17, 15) is 10.1 Å². The van der Waals surface area contributed by atoms with Crippen LogP contribution in [0.25, 0.3) is 0 Å². The number of hydrogen-bond donors (Lipinski definition) is 1. The van der Waals surface area contributed by atoms with Crippen molar-refractivity contribution in [1.29, 1.82) is 0 Å². The second-order valence-corrected chi connectivity index (χ2v) is 5.43. The van der Waals surface area contributed by atoms with Gasteiger partial charge in [0.2, 0.25) is 5.82 Å². The monoisotopic (exact) mass is 262 g/mol. The molecule has 2 aliphatic heterocycles. The molecular formula is C13H18N4O2. The van der Waals surface area contributed by atoms with Crippen molar-refractivity contribution >= 4 is 11.5 Å². The second-order valence-electron chi connectivity index (χ2n) is 5.43. The third kappa shape index (κ3) is 2.40. The zero-order valence-electron chi connectivity index (χ0n) is 11.0. The molecular weight excluding hydrogens is 244 g/mol. The molecule has 1 N–H and O–H groups in total. The first-order chi connectivity index (χ1) is 9.13. The van der Waals surface area contributed by atoms with Crippen LogP contribution in [0, 0.1) is 17.0 Å². The Morgan fingerprint density at radius 3 is 2.95 bits per heavy atom. The standard InChI is InChI=1S/C13H18N4O2/c1-9-2-5-12(17(18)19)13(14-9)16-7-6-10-3-4-11(8-16)15-10/h2,5,10-11,15H,3-4,6-8H2,1H3. The summed E-state index contributed by atoms with van der Waals surface area (Å²) in [6.45, 7) is 3.52. The third-order valence-corrected chi connectivity index (χ3v) is 4.01. The fourth-order valence-corrected chi connectivity index (χ4v) is 3.05. The van der Waals surface area contributed by atoms with Gasteiger partial charge in [0.15, 0.2) is 0 Å². The van der Waals surface area contributed by atoms with Gasteiger partial charge in [0.25, 0.3) is 0 Å². The summed E-state index contributed by atoms with van der Waals surface area (Å²) < 4.78 is 0. The van der Waals surface area contributed by atoms with E-state index in [1.807, 2.05) is 6.92 Å². The molecule has 3 heterocycles. The van der Waals surface area contributed by atoms with Gasteiger partial charge in [0.1, 0.15) is 0 Å². The lowest BCUT2D eigenvalue weighted by Crippen LogP contribution is -2.36. The van der Waals surface area contributed by atoms with Crippen molar-refractivity contribution in [3.8, 4) is 0 Å². The molecule has 2 unspecified atom stereocenters. The minimum absolute atomic E-state index is 0.114. The van der Waals surface area contributed by atoms with Crippen LogP contribution in [-0.2, 0) is 0 Å². The first-order valence-electron chi connectivity index (χ1n) is 6.76. The number of pyridine rings is 1. The number of aryl methyl sites for hydroxylation is 1. The smallest absolute Gasteiger partial charge is 0.311 e. The second kappa shape index (κ2) is 4.77. The van der Waals surface area contributed by atoms with Crippen molar-refractivity contribution in [3.63, 3.8) is 0 Å². The molecule has 1 aromatic heterocycles. The molecule has 0 aliphatic carbocycles. The molecule has 1 aromatic rings. The van der Waals surface area contributed by atoms with Crippen molar-refractivity contribution in [2.75, 3.05) is 18.0 Å². The predicted octanol–water partition coefficient (Wildman–Crippen LogP) is 1.63. The van der Waals surface area contributed by atoms with Gasteiger partial charge in [-0.1, -0.05) is 0 Å². The van der Waals surface area contributed by atoms with Crippen molar-refractivity contribution in [2.45, 2.75) is 38.3 Å². The fourth-order valence-electron chi connectivity index (χ4n) is 3.05. The Kier molecular flexibility index (Phi) is 3.10. The summed E-state index contributed by atoms with van der Waals surface area (Å²) in [5, 5.41) is 14.7. The molecule has 0 amide bonds. The molecule has 2 fully saturated rings. The highest BCUT2D eigenvalue weighted by molar-refractivity contribution is 5.58. The Hall–Kier alpha value is -1.69. The SMILES string of the molecule is Cc1ccc([N+](=O)[O-])c(N2CCC3CCC(C2)N3)n1. The highest BCUT2D eigenvalue weighted by Crippen LogP contribution is 2.30. The van der Waals surface area contributed by atoms with Crippen LogP contribution in [0.5, 0.6) is 0 Å². The first kappa shape index (κ1) is 12.3. The highest BCUT2D eigenvalue weighted by atomic mass is 16.6. The molecule has 2 saturated heterocycles. The van der Waals surface area contributed by atoms with Crippen LogP contribution in [0.1, 0.15) is 25.0 Å². The van der Waals surface area contributed by atoms with Gasteiger partial charge in [0.05, 0.1) is 4.92 Å². The van der Waals surface area contributed by atoms with Gasteiger partial charge < -0.3 is 10.2 Å². The molecule has 102 valence electrons. The van der Waals surface area contributed by atoms with Crippen LogP contribution >= 0.6 is 0 Å². The van der Waals surface area contributed by atoms with Gasteiger partial charge in [-0.2, -0.15) is 0 Å². The van der Waals surface area contributed by atoms with E-state index < -0.39 is 0 Å². The summed E-state index contributed by atoms with van der Waals surface area (Å²) in [4.78, 5) is 17.3. The molecule has 19 heavy (non-hydrogen) atoms. The quantitative estimate of drug-likeness (QED) is 0.648. The number of nitro groups is 1. The van der Waals surface area contributed by atoms with E-state index in [0.29, 0.717) is 17.9 Å². The molecule has 2 atom stereocenters.